The van der Waals surface area contributed by atoms with Crippen molar-refractivity contribution in [3.05, 3.63) is 89.1 Å². The summed E-state index contributed by atoms with van der Waals surface area (Å²) < 4.78 is 50.5. The molecule has 0 saturated carbocycles. The summed E-state index contributed by atoms with van der Waals surface area (Å²) in [7, 11) is 2.95. The Bertz CT molecular complexity index is 1340. The van der Waals surface area contributed by atoms with E-state index in [1.807, 2.05) is 6.08 Å². The van der Waals surface area contributed by atoms with E-state index in [0.717, 1.165) is 34.7 Å². The van der Waals surface area contributed by atoms with Crippen LogP contribution >= 0.6 is 0 Å². The van der Waals surface area contributed by atoms with Gasteiger partial charge >= 0.3 is 6.18 Å². The number of halogens is 3. The number of benzene rings is 3. The Hall–Kier alpha value is -4.14. The van der Waals surface area contributed by atoms with Crippen LogP contribution in [-0.4, -0.2) is 30.1 Å². The van der Waals surface area contributed by atoms with Crippen LogP contribution in [-0.2, 0) is 19.0 Å². The number of aromatic hydroxyl groups is 2. The molecule has 6 nitrogen and oxygen atoms in total. The number of hydrogen-bond donors (Lipinski definition) is 2. The summed E-state index contributed by atoms with van der Waals surface area (Å²) in [6.45, 7) is 0. The Balaban J connectivity index is 1.60. The standard InChI is InChI=1S/C28H27F3N2O4/c1-36-26-14-18(8-12-24(26)34)6-10-21-17-23(11-7-19-9-13-25(35)27(15-19)37-2)33(32-21)22-5-3-4-20(16-22)28(29,30)31/h3-5,8-9,11-16,34-35H,6-7,10,17H2,1-2H3. The Labute approximate surface area is 212 Å². The van der Waals surface area contributed by atoms with Crippen molar-refractivity contribution in [1.29, 1.82) is 0 Å². The van der Waals surface area contributed by atoms with E-state index in [4.69, 9.17) is 9.47 Å². The van der Waals surface area contributed by atoms with Crippen molar-refractivity contribution in [1.82, 2.24) is 0 Å². The summed E-state index contributed by atoms with van der Waals surface area (Å²) in [6.07, 6.45) is -0.402. The number of methoxy groups -OCH3 is 2. The first kappa shape index (κ1) is 25.9. The van der Waals surface area contributed by atoms with E-state index in [1.165, 1.54) is 20.3 Å². The molecule has 0 unspecified atom stereocenters. The molecule has 0 atom stereocenters. The van der Waals surface area contributed by atoms with Gasteiger partial charge in [-0.1, -0.05) is 24.3 Å². The zero-order chi connectivity index (χ0) is 26.6. The third-order valence-corrected chi connectivity index (χ3v) is 6.08. The highest BCUT2D eigenvalue weighted by Gasteiger charge is 2.31. The van der Waals surface area contributed by atoms with Gasteiger partial charge in [0.1, 0.15) is 0 Å². The number of allylic oxidation sites excluding steroid dienone is 2. The van der Waals surface area contributed by atoms with Gasteiger partial charge in [-0.15, -0.1) is 0 Å². The Morgan fingerprint density at radius 1 is 0.892 bits per heavy atom. The van der Waals surface area contributed by atoms with E-state index in [0.29, 0.717) is 42.9 Å². The Kier molecular flexibility index (Phi) is 7.61. The second-order valence-electron chi connectivity index (χ2n) is 8.61. The molecule has 3 aromatic carbocycles. The number of anilines is 1. The molecule has 1 heterocycles. The van der Waals surface area contributed by atoms with Crippen molar-refractivity contribution in [2.45, 2.75) is 31.9 Å². The van der Waals surface area contributed by atoms with E-state index in [-0.39, 0.29) is 11.5 Å². The number of rotatable bonds is 8. The first-order chi connectivity index (χ1) is 17.7. The molecule has 1 aliphatic rings. The van der Waals surface area contributed by atoms with Gasteiger partial charge in [0.05, 0.1) is 25.5 Å². The number of nitrogens with zero attached hydrogens (tertiary/aromatic N) is 2. The van der Waals surface area contributed by atoms with Crippen LogP contribution in [0.5, 0.6) is 23.0 Å². The van der Waals surface area contributed by atoms with E-state index < -0.39 is 11.7 Å². The molecule has 2 N–H and O–H groups in total. The topological polar surface area (TPSA) is 74.5 Å². The minimum atomic E-state index is -4.47. The maximum absolute atomic E-state index is 13.4. The van der Waals surface area contributed by atoms with Crippen LogP contribution < -0.4 is 14.5 Å². The highest BCUT2D eigenvalue weighted by molar-refractivity contribution is 5.91. The van der Waals surface area contributed by atoms with Crippen LogP contribution in [0.2, 0.25) is 0 Å². The number of aryl methyl sites for hydroxylation is 1. The number of ether oxygens (including phenoxy) is 2. The lowest BCUT2D eigenvalue weighted by atomic mass is 10.0. The molecule has 0 bridgehead atoms. The summed E-state index contributed by atoms with van der Waals surface area (Å²) in [5, 5.41) is 25.9. The van der Waals surface area contributed by atoms with Crippen LogP contribution in [0, 0.1) is 0 Å². The molecular formula is C28H27F3N2O4. The molecule has 0 radical (unpaired) electrons. The van der Waals surface area contributed by atoms with Gasteiger partial charge in [-0.2, -0.15) is 18.3 Å². The molecule has 3 aromatic rings. The zero-order valence-corrected chi connectivity index (χ0v) is 20.4. The normalized spacial score (nSPS) is 14.7. The molecular weight excluding hydrogens is 485 g/mol. The molecule has 1 aliphatic heterocycles. The van der Waals surface area contributed by atoms with Gasteiger partial charge in [0.25, 0.3) is 0 Å². The Morgan fingerprint density at radius 2 is 1.54 bits per heavy atom. The molecule has 0 amide bonds. The second-order valence-corrected chi connectivity index (χ2v) is 8.61. The quantitative estimate of drug-likeness (QED) is 0.362. The monoisotopic (exact) mass is 512 g/mol. The molecule has 4 rings (SSSR count). The fraction of sp³-hybridized carbons (Fsp3) is 0.250. The van der Waals surface area contributed by atoms with Crippen molar-refractivity contribution < 1.29 is 32.9 Å². The van der Waals surface area contributed by atoms with Gasteiger partial charge in [0.2, 0.25) is 0 Å². The molecule has 0 fully saturated rings. The summed E-state index contributed by atoms with van der Waals surface area (Å²) >= 11 is 0. The Morgan fingerprint density at radius 3 is 2.19 bits per heavy atom. The average Bonchev–Trinajstić information content (AvgIpc) is 3.30. The molecule has 0 saturated heterocycles. The van der Waals surface area contributed by atoms with E-state index in [2.05, 4.69) is 5.10 Å². The predicted molar refractivity (Wildman–Crippen MR) is 135 cm³/mol. The SMILES string of the molecule is COc1cc(CC=C2CC(CCc3ccc(O)c(OC)c3)=NN2c2cccc(C(F)(F)F)c2)ccc1O. The summed E-state index contributed by atoms with van der Waals surface area (Å²) in [5.41, 5.74) is 2.97. The van der Waals surface area contributed by atoms with Gasteiger partial charge < -0.3 is 19.7 Å². The van der Waals surface area contributed by atoms with Gasteiger partial charge in [-0.3, -0.25) is 0 Å². The largest absolute Gasteiger partial charge is 0.504 e. The van der Waals surface area contributed by atoms with Crippen molar-refractivity contribution in [3.8, 4) is 23.0 Å². The molecule has 0 spiro atoms. The maximum Gasteiger partial charge on any atom is 0.416 e. The highest BCUT2D eigenvalue weighted by Crippen LogP contribution is 2.35. The molecule has 37 heavy (non-hydrogen) atoms. The van der Waals surface area contributed by atoms with Crippen LogP contribution in [0.25, 0.3) is 0 Å². The van der Waals surface area contributed by atoms with Crippen LogP contribution in [0.1, 0.15) is 29.5 Å². The highest BCUT2D eigenvalue weighted by atomic mass is 19.4. The fourth-order valence-corrected chi connectivity index (χ4v) is 4.11. The zero-order valence-electron chi connectivity index (χ0n) is 20.4. The smallest absolute Gasteiger partial charge is 0.416 e. The number of phenolic OH excluding ortho intramolecular Hbond substituents is 2. The summed E-state index contributed by atoms with van der Waals surface area (Å²) in [6, 6.07) is 15.2. The van der Waals surface area contributed by atoms with Gasteiger partial charge in [0.15, 0.2) is 23.0 Å². The minimum absolute atomic E-state index is 0.0295. The fourth-order valence-electron chi connectivity index (χ4n) is 4.11. The lowest BCUT2D eigenvalue weighted by Gasteiger charge is -2.18. The number of alkyl halides is 3. The van der Waals surface area contributed by atoms with E-state index >= 15 is 0 Å². The molecule has 9 heteroatoms. The summed E-state index contributed by atoms with van der Waals surface area (Å²) in [4.78, 5) is 0. The minimum Gasteiger partial charge on any atom is -0.504 e. The third kappa shape index (κ3) is 6.17. The van der Waals surface area contributed by atoms with Gasteiger partial charge in [-0.25, -0.2) is 5.01 Å². The van der Waals surface area contributed by atoms with Gasteiger partial charge in [-0.05, 0) is 72.9 Å². The van der Waals surface area contributed by atoms with Crippen molar-refractivity contribution >= 4 is 11.4 Å². The second kappa shape index (κ2) is 10.9. The average molecular weight is 513 g/mol. The number of phenols is 2. The molecule has 0 aromatic heterocycles. The predicted octanol–water partition coefficient (Wildman–Crippen LogP) is 6.46. The van der Waals surface area contributed by atoms with Crippen LogP contribution in [0.3, 0.4) is 0 Å². The number of hydrogen-bond acceptors (Lipinski definition) is 6. The lowest BCUT2D eigenvalue weighted by Crippen LogP contribution is -2.12. The van der Waals surface area contributed by atoms with Crippen molar-refractivity contribution in [2.75, 3.05) is 19.2 Å². The van der Waals surface area contributed by atoms with Crippen molar-refractivity contribution in [3.63, 3.8) is 0 Å². The van der Waals surface area contributed by atoms with E-state index in [1.54, 1.807) is 47.5 Å². The first-order valence-electron chi connectivity index (χ1n) is 11.6. The molecule has 0 aliphatic carbocycles. The van der Waals surface area contributed by atoms with Crippen LogP contribution in [0.15, 0.2) is 77.5 Å². The maximum atomic E-state index is 13.4. The summed E-state index contributed by atoms with van der Waals surface area (Å²) in [5.74, 6) is 0.804. The first-order valence-corrected chi connectivity index (χ1v) is 11.6. The van der Waals surface area contributed by atoms with Gasteiger partial charge in [0, 0.05) is 17.8 Å². The molecule has 194 valence electrons. The van der Waals surface area contributed by atoms with E-state index in [9.17, 15) is 23.4 Å². The lowest BCUT2D eigenvalue weighted by molar-refractivity contribution is -0.137. The third-order valence-electron chi connectivity index (χ3n) is 6.08. The van der Waals surface area contributed by atoms with Crippen molar-refractivity contribution in [2.24, 2.45) is 5.10 Å². The number of hydrazone groups is 1. The van der Waals surface area contributed by atoms with Crippen LogP contribution in [0.4, 0.5) is 18.9 Å².